The monoisotopic (exact) mass is 514 g/mol. The fourth-order valence-electron chi connectivity index (χ4n) is 4.45. The van der Waals surface area contributed by atoms with Gasteiger partial charge < -0.3 is 14.9 Å². The highest BCUT2D eigenvalue weighted by Gasteiger charge is 2.09. The Balaban J connectivity index is 1.51. The highest BCUT2D eigenvalue weighted by atomic mass is 16.5. The quantitative estimate of drug-likeness (QED) is 0.180. The van der Waals surface area contributed by atoms with Gasteiger partial charge in [0.2, 0.25) is 0 Å². The molecule has 0 heterocycles. The third-order valence-corrected chi connectivity index (χ3v) is 6.55. The summed E-state index contributed by atoms with van der Waals surface area (Å²) in [6.07, 6.45) is 12.0. The van der Waals surface area contributed by atoms with E-state index >= 15 is 0 Å². The molecule has 3 rings (SSSR count). The van der Waals surface area contributed by atoms with E-state index in [1.807, 2.05) is 42.5 Å². The number of carboxylic acids is 2. The van der Waals surface area contributed by atoms with E-state index in [9.17, 15) is 9.59 Å². The van der Waals surface area contributed by atoms with Crippen LogP contribution < -0.4 is 4.74 Å². The Morgan fingerprint density at radius 1 is 0.789 bits per heavy atom. The zero-order valence-electron chi connectivity index (χ0n) is 21.9. The summed E-state index contributed by atoms with van der Waals surface area (Å²) in [6.45, 7) is 0.736. The zero-order valence-corrected chi connectivity index (χ0v) is 21.9. The van der Waals surface area contributed by atoms with Gasteiger partial charge in [-0.3, -0.25) is 4.79 Å². The number of aliphatic carboxylic acids is 1. The van der Waals surface area contributed by atoms with Crippen LogP contribution in [-0.2, 0) is 17.6 Å². The second kappa shape index (κ2) is 16.1. The molecule has 0 bridgehead atoms. The van der Waals surface area contributed by atoms with E-state index in [-0.39, 0.29) is 17.9 Å². The average Bonchev–Trinajstić information content (AvgIpc) is 2.92. The number of para-hydroxylation sites is 1. The maximum atomic E-state index is 11.2. The standard InChI is InChI=1S/C33H38O5/c34-32(35)16-7-6-11-27(25-29-19-21-30(22-20-29)33(36)37)17-18-28-13-9-12-26(24-28)10-3-2-8-23-38-31-14-4-1-5-15-31/h1,4-5,9,12-15,17-22,24,27H,2-3,6-8,10-11,16,23,25H2,(H,34,35)(H,36,37)/b18-17-. The summed E-state index contributed by atoms with van der Waals surface area (Å²) in [6, 6.07) is 25.5. The van der Waals surface area contributed by atoms with Crippen molar-refractivity contribution in [2.45, 2.75) is 57.8 Å². The van der Waals surface area contributed by atoms with Gasteiger partial charge in [0.25, 0.3) is 0 Å². The summed E-state index contributed by atoms with van der Waals surface area (Å²) < 4.78 is 5.77. The van der Waals surface area contributed by atoms with Gasteiger partial charge in [-0.25, -0.2) is 4.79 Å². The van der Waals surface area contributed by atoms with Crippen molar-refractivity contribution in [3.05, 3.63) is 107 Å². The van der Waals surface area contributed by atoms with Gasteiger partial charge in [0.1, 0.15) is 5.75 Å². The first-order valence-corrected chi connectivity index (χ1v) is 13.5. The Bertz CT molecular complexity index is 1150. The Kier molecular flexibility index (Phi) is 12.1. The molecule has 0 fully saturated rings. The van der Waals surface area contributed by atoms with E-state index in [1.165, 1.54) is 5.56 Å². The molecule has 200 valence electrons. The van der Waals surface area contributed by atoms with Crippen molar-refractivity contribution < 1.29 is 24.5 Å². The van der Waals surface area contributed by atoms with Crippen LogP contribution in [0.5, 0.6) is 5.75 Å². The number of aryl methyl sites for hydroxylation is 1. The first-order valence-electron chi connectivity index (χ1n) is 13.5. The van der Waals surface area contributed by atoms with Crippen LogP contribution in [-0.4, -0.2) is 28.8 Å². The molecule has 3 aromatic rings. The van der Waals surface area contributed by atoms with Crippen LogP contribution in [0.25, 0.3) is 6.08 Å². The van der Waals surface area contributed by atoms with Crippen LogP contribution in [0, 0.1) is 5.92 Å². The fraction of sp³-hybridized carbons (Fsp3) is 0.333. The van der Waals surface area contributed by atoms with Gasteiger partial charge in [0.15, 0.2) is 0 Å². The molecular formula is C33H38O5. The van der Waals surface area contributed by atoms with E-state index < -0.39 is 11.9 Å². The summed E-state index contributed by atoms with van der Waals surface area (Å²) >= 11 is 0. The minimum atomic E-state index is -0.929. The molecule has 1 atom stereocenters. The number of benzene rings is 3. The van der Waals surface area contributed by atoms with Crippen LogP contribution in [0.4, 0.5) is 0 Å². The molecule has 5 nitrogen and oxygen atoms in total. The number of aromatic carboxylic acids is 1. The first kappa shape index (κ1) is 28.7. The van der Waals surface area contributed by atoms with Crippen molar-refractivity contribution in [3.63, 3.8) is 0 Å². The first-order chi connectivity index (χ1) is 18.5. The molecule has 0 aliphatic rings. The van der Waals surface area contributed by atoms with Crippen molar-refractivity contribution in [1.82, 2.24) is 0 Å². The fourth-order valence-corrected chi connectivity index (χ4v) is 4.45. The molecule has 0 aliphatic heterocycles. The summed E-state index contributed by atoms with van der Waals surface area (Å²) in [5.74, 6) is -0.527. The van der Waals surface area contributed by atoms with Gasteiger partial charge >= 0.3 is 11.9 Å². The number of rotatable bonds is 17. The minimum Gasteiger partial charge on any atom is -0.494 e. The molecule has 0 saturated heterocycles. The normalized spacial score (nSPS) is 11.9. The molecule has 0 saturated carbocycles. The van der Waals surface area contributed by atoms with Crippen LogP contribution in [0.1, 0.15) is 72.0 Å². The Morgan fingerprint density at radius 2 is 1.58 bits per heavy atom. The molecule has 3 aromatic carbocycles. The molecule has 0 aromatic heterocycles. The van der Waals surface area contributed by atoms with Crippen LogP contribution in [0.15, 0.2) is 84.9 Å². The number of hydrogen-bond donors (Lipinski definition) is 2. The summed E-state index contributed by atoms with van der Waals surface area (Å²) in [7, 11) is 0. The number of hydrogen-bond acceptors (Lipinski definition) is 3. The molecule has 0 radical (unpaired) electrons. The Morgan fingerprint density at radius 3 is 2.32 bits per heavy atom. The highest BCUT2D eigenvalue weighted by Crippen LogP contribution is 2.20. The Hall–Kier alpha value is -3.86. The molecule has 0 amide bonds. The molecule has 2 N–H and O–H groups in total. The number of carboxylic acid groups (broad SMARTS) is 2. The summed E-state index contributed by atoms with van der Waals surface area (Å²) in [4.78, 5) is 22.0. The number of unbranched alkanes of at least 4 members (excludes halogenated alkanes) is 3. The molecule has 0 aliphatic carbocycles. The van der Waals surface area contributed by atoms with Crippen LogP contribution in [0.2, 0.25) is 0 Å². The van der Waals surface area contributed by atoms with Crippen LogP contribution in [0.3, 0.4) is 0 Å². The maximum absolute atomic E-state index is 11.2. The molecule has 0 spiro atoms. The topological polar surface area (TPSA) is 83.8 Å². The smallest absolute Gasteiger partial charge is 0.335 e. The van der Waals surface area contributed by atoms with E-state index in [1.54, 1.807) is 12.1 Å². The maximum Gasteiger partial charge on any atom is 0.335 e. The average molecular weight is 515 g/mol. The van der Waals surface area contributed by atoms with Gasteiger partial charge in [0, 0.05) is 6.42 Å². The molecule has 38 heavy (non-hydrogen) atoms. The minimum absolute atomic E-state index is 0.185. The third-order valence-electron chi connectivity index (χ3n) is 6.55. The highest BCUT2D eigenvalue weighted by molar-refractivity contribution is 5.87. The predicted octanol–water partition coefficient (Wildman–Crippen LogP) is 7.69. The van der Waals surface area contributed by atoms with Crippen molar-refractivity contribution in [1.29, 1.82) is 0 Å². The largest absolute Gasteiger partial charge is 0.494 e. The van der Waals surface area contributed by atoms with Crippen molar-refractivity contribution in [3.8, 4) is 5.75 Å². The number of carbonyl (C=O) groups is 2. The van der Waals surface area contributed by atoms with Gasteiger partial charge in [-0.2, -0.15) is 0 Å². The summed E-state index contributed by atoms with van der Waals surface area (Å²) in [5, 5.41) is 18.1. The lowest BCUT2D eigenvalue weighted by Crippen LogP contribution is -2.04. The molecule has 1 unspecified atom stereocenters. The van der Waals surface area contributed by atoms with E-state index in [0.29, 0.717) is 6.42 Å². The lowest BCUT2D eigenvalue weighted by Gasteiger charge is -2.13. The SMILES string of the molecule is O=C(O)CCCCC(/C=C\c1cccc(CCCCCOc2ccccc2)c1)Cc1ccc(C(=O)O)cc1. The third kappa shape index (κ3) is 11.0. The van der Waals surface area contributed by atoms with Gasteiger partial charge in [-0.15, -0.1) is 0 Å². The number of allylic oxidation sites excluding steroid dienone is 1. The van der Waals surface area contributed by atoms with Crippen molar-refractivity contribution in [2.75, 3.05) is 6.61 Å². The predicted molar refractivity (Wildman–Crippen MR) is 152 cm³/mol. The van der Waals surface area contributed by atoms with E-state index in [0.717, 1.165) is 68.4 Å². The molecule has 5 heteroatoms. The Labute approximate surface area is 225 Å². The second-order valence-electron chi connectivity index (χ2n) is 9.68. The van der Waals surface area contributed by atoms with Gasteiger partial charge in [0.05, 0.1) is 12.2 Å². The van der Waals surface area contributed by atoms with Gasteiger partial charge in [-0.05, 0) is 91.8 Å². The zero-order chi connectivity index (χ0) is 27.0. The van der Waals surface area contributed by atoms with Crippen molar-refractivity contribution in [2.24, 2.45) is 5.92 Å². The van der Waals surface area contributed by atoms with Crippen LogP contribution >= 0.6 is 0 Å². The molecular weight excluding hydrogens is 476 g/mol. The van der Waals surface area contributed by atoms with Crippen molar-refractivity contribution >= 4 is 18.0 Å². The lowest BCUT2D eigenvalue weighted by atomic mass is 9.92. The van der Waals surface area contributed by atoms with E-state index in [2.05, 4.69) is 36.4 Å². The summed E-state index contributed by atoms with van der Waals surface area (Å²) in [5.41, 5.74) is 3.83. The number of ether oxygens (including phenoxy) is 1. The lowest BCUT2D eigenvalue weighted by molar-refractivity contribution is -0.137. The second-order valence-corrected chi connectivity index (χ2v) is 9.68. The van der Waals surface area contributed by atoms with E-state index in [4.69, 9.17) is 14.9 Å². The van der Waals surface area contributed by atoms with Gasteiger partial charge in [-0.1, -0.05) is 73.2 Å².